The molecule has 1 unspecified atom stereocenters. The first-order chi connectivity index (χ1) is 8.52. The standard InChI is InChI=1S/C15H24N2S/c1-15(2,3)13-6-4-5-7-14(13)17-8-9-18-12(10-16)11-17/h4-7,12H,8-11,16H2,1-3H3. The Labute approximate surface area is 115 Å². The van der Waals surface area contributed by atoms with Crippen LogP contribution in [0.3, 0.4) is 0 Å². The molecule has 100 valence electrons. The van der Waals surface area contributed by atoms with Crippen LogP contribution in [0.2, 0.25) is 0 Å². The first-order valence-corrected chi connectivity index (χ1v) is 7.73. The lowest BCUT2D eigenvalue weighted by molar-refractivity contribution is 0.586. The normalized spacial score (nSPS) is 21.1. The summed E-state index contributed by atoms with van der Waals surface area (Å²) in [6.07, 6.45) is 0. The van der Waals surface area contributed by atoms with Gasteiger partial charge in [0.15, 0.2) is 0 Å². The number of hydrogen-bond donors (Lipinski definition) is 1. The van der Waals surface area contributed by atoms with Crippen molar-refractivity contribution < 1.29 is 0 Å². The van der Waals surface area contributed by atoms with E-state index in [-0.39, 0.29) is 5.41 Å². The van der Waals surface area contributed by atoms with Gasteiger partial charge in [0, 0.05) is 36.3 Å². The Kier molecular flexibility index (Phi) is 4.23. The molecule has 0 aromatic heterocycles. The van der Waals surface area contributed by atoms with E-state index < -0.39 is 0 Å². The number of nitrogens with two attached hydrogens (primary N) is 1. The van der Waals surface area contributed by atoms with Crippen molar-refractivity contribution in [1.29, 1.82) is 0 Å². The van der Waals surface area contributed by atoms with Crippen LogP contribution >= 0.6 is 11.8 Å². The minimum atomic E-state index is 0.194. The topological polar surface area (TPSA) is 29.3 Å². The van der Waals surface area contributed by atoms with Gasteiger partial charge in [0.05, 0.1) is 0 Å². The molecule has 2 rings (SSSR count). The van der Waals surface area contributed by atoms with Gasteiger partial charge in [-0.3, -0.25) is 0 Å². The van der Waals surface area contributed by atoms with Gasteiger partial charge in [-0.2, -0.15) is 11.8 Å². The number of benzene rings is 1. The van der Waals surface area contributed by atoms with Gasteiger partial charge in [-0.25, -0.2) is 0 Å². The van der Waals surface area contributed by atoms with Crippen LogP contribution < -0.4 is 10.6 Å². The average Bonchev–Trinajstić information content (AvgIpc) is 2.38. The lowest BCUT2D eigenvalue weighted by Crippen LogP contribution is -2.41. The van der Waals surface area contributed by atoms with Crippen molar-refractivity contribution in [3.63, 3.8) is 0 Å². The van der Waals surface area contributed by atoms with E-state index >= 15 is 0 Å². The summed E-state index contributed by atoms with van der Waals surface area (Å²) in [6.45, 7) is 9.84. The zero-order valence-electron chi connectivity index (χ0n) is 11.6. The van der Waals surface area contributed by atoms with Crippen molar-refractivity contribution in [2.45, 2.75) is 31.4 Å². The van der Waals surface area contributed by atoms with E-state index in [1.165, 1.54) is 17.0 Å². The molecule has 0 bridgehead atoms. The predicted octanol–water partition coefficient (Wildman–Crippen LogP) is 2.86. The van der Waals surface area contributed by atoms with Crippen LogP contribution in [0.15, 0.2) is 24.3 Å². The maximum Gasteiger partial charge on any atom is 0.0404 e. The summed E-state index contributed by atoms with van der Waals surface area (Å²) in [6, 6.07) is 8.80. The van der Waals surface area contributed by atoms with Crippen molar-refractivity contribution >= 4 is 17.4 Å². The number of hydrogen-bond acceptors (Lipinski definition) is 3. The highest BCUT2D eigenvalue weighted by atomic mass is 32.2. The molecule has 1 heterocycles. The summed E-state index contributed by atoms with van der Waals surface area (Å²) in [5.74, 6) is 1.18. The summed E-state index contributed by atoms with van der Waals surface area (Å²) >= 11 is 2.01. The highest BCUT2D eigenvalue weighted by Gasteiger charge is 2.24. The molecular weight excluding hydrogens is 240 g/mol. The minimum absolute atomic E-state index is 0.194. The first-order valence-electron chi connectivity index (χ1n) is 6.68. The summed E-state index contributed by atoms with van der Waals surface area (Å²) in [7, 11) is 0. The van der Waals surface area contributed by atoms with Crippen LogP contribution in [0.25, 0.3) is 0 Å². The fraction of sp³-hybridized carbons (Fsp3) is 0.600. The Bertz CT molecular complexity index is 398. The number of anilines is 1. The molecule has 1 aromatic carbocycles. The van der Waals surface area contributed by atoms with E-state index in [1.54, 1.807) is 0 Å². The molecule has 1 fully saturated rings. The second-order valence-electron chi connectivity index (χ2n) is 5.94. The lowest BCUT2D eigenvalue weighted by Gasteiger charge is -2.37. The maximum absolute atomic E-state index is 5.82. The smallest absolute Gasteiger partial charge is 0.0404 e. The van der Waals surface area contributed by atoms with Gasteiger partial charge in [-0.05, 0) is 17.0 Å². The van der Waals surface area contributed by atoms with Crippen LogP contribution in [0.1, 0.15) is 26.3 Å². The third kappa shape index (κ3) is 3.01. The summed E-state index contributed by atoms with van der Waals surface area (Å²) < 4.78 is 0. The third-order valence-corrected chi connectivity index (χ3v) is 4.69. The molecule has 0 spiro atoms. The molecule has 2 N–H and O–H groups in total. The van der Waals surface area contributed by atoms with E-state index in [0.717, 1.165) is 19.6 Å². The van der Waals surface area contributed by atoms with E-state index in [2.05, 4.69) is 49.9 Å². The molecule has 1 atom stereocenters. The van der Waals surface area contributed by atoms with Crippen LogP contribution in [0.4, 0.5) is 5.69 Å². The second-order valence-corrected chi connectivity index (χ2v) is 7.35. The molecule has 2 nitrogen and oxygen atoms in total. The van der Waals surface area contributed by atoms with Gasteiger partial charge in [-0.1, -0.05) is 39.0 Å². The second kappa shape index (κ2) is 5.54. The van der Waals surface area contributed by atoms with E-state index in [0.29, 0.717) is 5.25 Å². The predicted molar refractivity (Wildman–Crippen MR) is 82.7 cm³/mol. The number of nitrogens with zero attached hydrogens (tertiary/aromatic N) is 1. The Hall–Kier alpha value is -0.670. The van der Waals surface area contributed by atoms with Crippen LogP contribution in [0, 0.1) is 0 Å². The Morgan fingerprint density at radius 3 is 2.72 bits per heavy atom. The highest BCUT2D eigenvalue weighted by molar-refractivity contribution is 8.00. The van der Waals surface area contributed by atoms with Crippen molar-refractivity contribution in [3.05, 3.63) is 29.8 Å². The fourth-order valence-electron chi connectivity index (χ4n) is 2.46. The van der Waals surface area contributed by atoms with Gasteiger partial charge in [0.2, 0.25) is 0 Å². The summed E-state index contributed by atoms with van der Waals surface area (Å²) in [5.41, 5.74) is 8.84. The fourth-order valence-corrected chi connectivity index (χ4v) is 3.54. The molecule has 18 heavy (non-hydrogen) atoms. The molecule has 1 aromatic rings. The SMILES string of the molecule is CC(C)(C)c1ccccc1N1CCSC(CN)C1. The summed E-state index contributed by atoms with van der Waals surface area (Å²) in [4.78, 5) is 2.51. The number of rotatable bonds is 2. The van der Waals surface area contributed by atoms with Gasteiger partial charge >= 0.3 is 0 Å². The zero-order chi connectivity index (χ0) is 13.2. The third-order valence-electron chi connectivity index (χ3n) is 3.45. The molecule has 3 heteroatoms. The lowest BCUT2D eigenvalue weighted by atomic mass is 9.85. The van der Waals surface area contributed by atoms with Crippen LogP contribution in [-0.4, -0.2) is 30.6 Å². The van der Waals surface area contributed by atoms with Crippen molar-refractivity contribution in [3.8, 4) is 0 Å². The van der Waals surface area contributed by atoms with Gasteiger partial charge < -0.3 is 10.6 Å². The van der Waals surface area contributed by atoms with Crippen LogP contribution in [0.5, 0.6) is 0 Å². The number of para-hydroxylation sites is 1. The first kappa shape index (κ1) is 13.8. The monoisotopic (exact) mass is 264 g/mol. The largest absolute Gasteiger partial charge is 0.369 e. The van der Waals surface area contributed by atoms with Crippen LogP contribution in [-0.2, 0) is 5.41 Å². The Morgan fingerprint density at radius 1 is 1.33 bits per heavy atom. The van der Waals surface area contributed by atoms with Crippen molar-refractivity contribution in [2.24, 2.45) is 5.73 Å². The van der Waals surface area contributed by atoms with E-state index in [1.807, 2.05) is 11.8 Å². The number of thioether (sulfide) groups is 1. The van der Waals surface area contributed by atoms with Crippen molar-refractivity contribution in [2.75, 3.05) is 30.3 Å². The quantitative estimate of drug-likeness (QED) is 0.890. The summed E-state index contributed by atoms with van der Waals surface area (Å²) in [5, 5.41) is 0.576. The molecule has 1 saturated heterocycles. The van der Waals surface area contributed by atoms with Gasteiger partial charge in [0.25, 0.3) is 0 Å². The van der Waals surface area contributed by atoms with E-state index in [9.17, 15) is 0 Å². The molecule has 0 amide bonds. The highest BCUT2D eigenvalue weighted by Crippen LogP contribution is 2.33. The van der Waals surface area contributed by atoms with E-state index in [4.69, 9.17) is 5.73 Å². The molecular formula is C15H24N2S. The maximum atomic E-state index is 5.82. The average molecular weight is 264 g/mol. The molecule has 0 aliphatic carbocycles. The Balaban J connectivity index is 2.27. The van der Waals surface area contributed by atoms with Gasteiger partial charge in [0.1, 0.15) is 0 Å². The molecule has 1 aliphatic heterocycles. The molecule has 0 saturated carbocycles. The zero-order valence-corrected chi connectivity index (χ0v) is 12.5. The van der Waals surface area contributed by atoms with Gasteiger partial charge in [-0.15, -0.1) is 0 Å². The molecule has 1 aliphatic rings. The Morgan fingerprint density at radius 2 is 2.06 bits per heavy atom. The minimum Gasteiger partial charge on any atom is -0.369 e. The molecule has 0 radical (unpaired) electrons. The van der Waals surface area contributed by atoms with Crippen molar-refractivity contribution in [1.82, 2.24) is 0 Å².